The van der Waals surface area contributed by atoms with Crippen LogP contribution in [0.25, 0.3) is 22.2 Å². The molecule has 0 N–H and O–H groups in total. The first-order valence-corrected chi connectivity index (χ1v) is 12.4. The quantitative estimate of drug-likeness (QED) is 0.343. The molecule has 39 heavy (non-hydrogen) atoms. The number of alkyl halides is 3. The predicted molar refractivity (Wildman–Crippen MR) is 131 cm³/mol. The highest BCUT2D eigenvalue weighted by molar-refractivity contribution is 5.93. The molecule has 13 heteroatoms. The van der Waals surface area contributed by atoms with Crippen molar-refractivity contribution in [2.45, 2.75) is 44.2 Å². The zero-order chi connectivity index (χ0) is 27.6. The molecule has 8 nitrogen and oxygen atoms in total. The average molecular weight is 547 g/mol. The Kier molecular flexibility index (Phi) is 5.93. The van der Waals surface area contributed by atoms with Gasteiger partial charge in [-0.25, -0.2) is 18.7 Å². The highest BCUT2D eigenvalue weighted by atomic mass is 19.4. The summed E-state index contributed by atoms with van der Waals surface area (Å²) in [5.74, 6) is -3.13. The van der Waals surface area contributed by atoms with E-state index in [9.17, 15) is 26.7 Å². The summed E-state index contributed by atoms with van der Waals surface area (Å²) in [5.41, 5.74) is -1.11. The Morgan fingerprint density at radius 3 is 2.54 bits per heavy atom. The van der Waals surface area contributed by atoms with Crippen LogP contribution in [0.3, 0.4) is 0 Å². The van der Waals surface area contributed by atoms with Crippen LogP contribution in [0.5, 0.6) is 0 Å². The summed E-state index contributed by atoms with van der Waals surface area (Å²) in [6.07, 6.45) is 0.199. The van der Waals surface area contributed by atoms with E-state index in [4.69, 9.17) is 4.74 Å². The Hall–Kier alpha value is -3.87. The molecule has 2 aliphatic rings. The number of hydrogen-bond donors (Lipinski definition) is 0. The van der Waals surface area contributed by atoms with Crippen LogP contribution in [-0.2, 0) is 18.0 Å². The third kappa shape index (κ3) is 4.64. The Morgan fingerprint density at radius 1 is 1.08 bits per heavy atom. The predicted octanol–water partition coefficient (Wildman–Crippen LogP) is 4.79. The van der Waals surface area contributed by atoms with E-state index in [-0.39, 0.29) is 28.6 Å². The number of rotatable bonds is 4. The number of morpholine rings is 1. The molecule has 0 radical (unpaired) electrons. The second kappa shape index (κ2) is 9.11. The molecule has 1 saturated carbocycles. The van der Waals surface area contributed by atoms with Crippen LogP contribution in [-0.4, -0.2) is 43.5 Å². The molecular formula is C26H23F5N6O2. The SMILES string of the molecule is C[C@@H]1CN(c2cc3c(=O)n(C)c(C(F)(F)F)nc3c(-c3ccc(F)cc3F)n2)C[C@H](c2cnn(C3CC3)c2)O1. The number of ether oxygens (including phenoxy) is 1. The van der Waals surface area contributed by atoms with Crippen molar-refractivity contribution in [3.63, 3.8) is 0 Å². The highest BCUT2D eigenvalue weighted by Crippen LogP contribution is 2.37. The zero-order valence-electron chi connectivity index (χ0n) is 20.9. The maximum atomic E-state index is 14.9. The van der Waals surface area contributed by atoms with Crippen LogP contribution in [0.1, 0.15) is 43.3 Å². The van der Waals surface area contributed by atoms with Gasteiger partial charge in [-0.3, -0.25) is 14.0 Å². The fourth-order valence-corrected chi connectivity index (χ4v) is 4.92. The van der Waals surface area contributed by atoms with Gasteiger partial charge in [0.25, 0.3) is 5.56 Å². The summed E-state index contributed by atoms with van der Waals surface area (Å²) in [7, 11) is 0.972. The van der Waals surface area contributed by atoms with Crippen molar-refractivity contribution in [1.29, 1.82) is 0 Å². The summed E-state index contributed by atoms with van der Waals surface area (Å²) in [4.78, 5) is 23.2. The van der Waals surface area contributed by atoms with E-state index in [0.29, 0.717) is 29.8 Å². The van der Waals surface area contributed by atoms with E-state index in [1.54, 1.807) is 6.20 Å². The number of fused-ring (bicyclic) bond motifs is 1. The maximum Gasteiger partial charge on any atom is 0.449 e. The molecule has 3 aromatic heterocycles. The molecule has 1 saturated heterocycles. The first-order chi connectivity index (χ1) is 18.5. The number of hydrogen-bond acceptors (Lipinski definition) is 6. The molecule has 204 valence electrons. The Morgan fingerprint density at radius 2 is 1.85 bits per heavy atom. The number of anilines is 1. The summed E-state index contributed by atoms with van der Waals surface area (Å²) in [6, 6.07) is 4.38. The summed E-state index contributed by atoms with van der Waals surface area (Å²) in [5, 5.41) is 4.25. The lowest BCUT2D eigenvalue weighted by molar-refractivity contribution is -0.147. The van der Waals surface area contributed by atoms with Crippen LogP contribution in [0.15, 0.2) is 41.5 Å². The molecular weight excluding hydrogens is 523 g/mol. The van der Waals surface area contributed by atoms with Gasteiger partial charge in [-0.2, -0.15) is 18.3 Å². The van der Waals surface area contributed by atoms with Gasteiger partial charge in [-0.15, -0.1) is 0 Å². The average Bonchev–Trinajstić information content (AvgIpc) is 3.61. The van der Waals surface area contributed by atoms with Gasteiger partial charge < -0.3 is 9.64 Å². The van der Waals surface area contributed by atoms with Crippen molar-refractivity contribution in [3.05, 3.63) is 70.0 Å². The molecule has 0 unspecified atom stereocenters. The monoisotopic (exact) mass is 546 g/mol. The molecule has 2 atom stereocenters. The Labute approximate surface area is 218 Å². The van der Waals surface area contributed by atoms with Crippen molar-refractivity contribution in [3.8, 4) is 11.3 Å². The van der Waals surface area contributed by atoms with Gasteiger partial charge >= 0.3 is 6.18 Å². The normalized spacial score (nSPS) is 20.1. The van der Waals surface area contributed by atoms with Gasteiger partial charge in [0.15, 0.2) is 0 Å². The molecule has 0 amide bonds. The third-order valence-electron chi connectivity index (χ3n) is 6.99. The fraction of sp³-hybridized carbons (Fsp3) is 0.385. The van der Waals surface area contributed by atoms with Crippen LogP contribution in [0, 0.1) is 11.6 Å². The van der Waals surface area contributed by atoms with Crippen LogP contribution in [0.2, 0.25) is 0 Å². The maximum absolute atomic E-state index is 14.9. The minimum Gasteiger partial charge on any atom is -0.367 e. The molecule has 6 rings (SSSR count). The first kappa shape index (κ1) is 25.4. The van der Waals surface area contributed by atoms with Gasteiger partial charge in [-0.1, -0.05) is 0 Å². The second-order valence-corrected chi connectivity index (χ2v) is 9.97. The van der Waals surface area contributed by atoms with Gasteiger partial charge in [0.1, 0.15) is 34.8 Å². The number of nitrogens with zero attached hydrogens (tertiary/aromatic N) is 6. The van der Waals surface area contributed by atoms with Gasteiger partial charge in [0.05, 0.1) is 30.3 Å². The number of aromatic nitrogens is 5. The van der Waals surface area contributed by atoms with Crippen LogP contribution in [0.4, 0.5) is 27.8 Å². The van der Waals surface area contributed by atoms with E-state index in [2.05, 4.69) is 15.1 Å². The van der Waals surface area contributed by atoms with Gasteiger partial charge in [-0.05, 0) is 38.0 Å². The lowest BCUT2D eigenvalue weighted by atomic mass is 10.1. The van der Waals surface area contributed by atoms with E-state index in [1.165, 1.54) is 6.07 Å². The van der Waals surface area contributed by atoms with Gasteiger partial charge in [0.2, 0.25) is 5.82 Å². The molecule has 0 bridgehead atoms. The van der Waals surface area contributed by atoms with Crippen molar-refractivity contribution in [1.82, 2.24) is 24.3 Å². The van der Waals surface area contributed by atoms with E-state index >= 15 is 0 Å². The molecule has 0 spiro atoms. The van der Waals surface area contributed by atoms with E-state index in [1.807, 2.05) is 22.7 Å². The number of halogens is 5. The van der Waals surface area contributed by atoms with Crippen molar-refractivity contribution in [2.24, 2.45) is 7.05 Å². The molecule has 1 aromatic carbocycles. The first-order valence-electron chi connectivity index (χ1n) is 12.4. The topological polar surface area (TPSA) is 78.1 Å². The zero-order valence-corrected chi connectivity index (χ0v) is 20.9. The van der Waals surface area contributed by atoms with E-state index < -0.39 is 40.8 Å². The largest absolute Gasteiger partial charge is 0.449 e. The minimum atomic E-state index is -4.95. The number of benzene rings is 1. The van der Waals surface area contributed by atoms with Crippen molar-refractivity contribution < 1.29 is 26.7 Å². The fourth-order valence-electron chi connectivity index (χ4n) is 4.92. The molecule has 2 fully saturated rings. The molecule has 4 heterocycles. The standard InChI is InChI=1S/C26H23F5N6O2/c1-13-10-36(12-20(39-13)14-9-32-37(11-14)16-4-5-16)21-8-18-23(34-25(26(29,30)31)35(2)24(18)38)22(33-21)17-6-3-15(27)7-19(17)28/h3,6-9,11,13,16,20H,4-5,10,12H2,1-2H3/t13-,20-/m1/s1. The van der Waals surface area contributed by atoms with E-state index in [0.717, 1.165) is 37.6 Å². The molecule has 1 aliphatic heterocycles. The van der Waals surface area contributed by atoms with Crippen LogP contribution < -0.4 is 10.5 Å². The van der Waals surface area contributed by atoms with Crippen LogP contribution >= 0.6 is 0 Å². The lowest BCUT2D eigenvalue weighted by Gasteiger charge is -2.37. The second-order valence-electron chi connectivity index (χ2n) is 9.97. The number of pyridine rings is 1. The third-order valence-corrected chi connectivity index (χ3v) is 6.99. The summed E-state index contributed by atoms with van der Waals surface area (Å²) < 4.78 is 78.1. The molecule has 1 aliphatic carbocycles. The lowest BCUT2D eigenvalue weighted by Crippen LogP contribution is -2.43. The molecule has 4 aromatic rings. The van der Waals surface area contributed by atoms with Crippen molar-refractivity contribution >= 4 is 16.7 Å². The minimum absolute atomic E-state index is 0.175. The highest BCUT2D eigenvalue weighted by Gasteiger charge is 2.37. The summed E-state index contributed by atoms with van der Waals surface area (Å²) in [6.45, 7) is 2.52. The summed E-state index contributed by atoms with van der Waals surface area (Å²) >= 11 is 0. The van der Waals surface area contributed by atoms with Crippen molar-refractivity contribution in [2.75, 3.05) is 18.0 Å². The Balaban J connectivity index is 1.50. The smallest absolute Gasteiger partial charge is 0.367 e. The van der Waals surface area contributed by atoms with Gasteiger partial charge in [0, 0.05) is 37.0 Å². The Bertz CT molecular complexity index is 1640.